The Morgan fingerprint density at radius 3 is 2.18 bits per heavy atom. The molecular weight excluding hydrogens is 294 g/mol. The van der Waals surface area contributed by atoms with Crippen molar-refractivity contribution in [2.24, 2.45) is 0 Å². The van der Waals surface area contributed by atoms with E-state index in [2.05, 4.69) is 5.92 Å². The molecule has 0 radical (unpaired) electrons. The maximum absolute atomic E-state index is 13.0. The highest BCUT2D eigenvalue weighted by atomic mass is 32.2. The van der Waals surface area contributed by atoms with Gasteiger partial charge in [0, 0.05) is 11.6 Å². The minimum absolute atomic E-state index is 0.249. The molecule has 114 valence electrons. The Bertz CT molecular complexity index is 800. The first-order valence-electron chi connectivity index (χ1n) is 7.04. The second-order valence-electron chi connectivity index (χ2n) is 5.37. The summed E-state index contributed by atoms with van der Waals surface area (Å²) in [7, 11) is -3.66. The van der Waals surface area contributed by atoms with Gasteiger partial charge in [-0.25, -0.2) is 8.42 Å². The van der Waals surface area contributed by atoms with Crippen LogP contribution in [-0.2, 0) is 10.0 Å². The quantitative estimate of drug-likeness (QED) is 0.809. The number of terminal acetylenes is 1. The van der Waals surface area contributed by atoms with Crippen molar-refractivity contribution in [2.75, 3.05) is 4.31 Å². The van der Waals surface area contributed by atoms with Crippen molar-refractivity contribution in [1.29, 1.82) is 0 Å². The highest BCUT2D eigenvalue weighted by Gasteiger charge is 2.28. The molecule has 0 aliphatic carbocycles. The first-order valence-corrected chi connectivity index (χ1v) is 8.48. The number of nitrogens with zero attached hydrogens (tertiary/aromatic N) is 1. The lowest BCUT2D eigenvalue weighted by atomic mass is 10.2. The third kappa shape index (κ3) is 3.00. The summed E-state index contributed by atoms with van der Waals surface area (Å²) in [6, 6.07) is 13.6. The molecule has 2 rings (SSSR count). The third-order valence-electron chi connectivity index (χ3n) is 3.34. The van der Waals surface area contributed by atoms with Crippen LogP contribution in [0, 0.1) is 19.3 Å². The summed E-state index contributed by atoms with van der Waals surface area (Å²) in [5.74, 6) is 2.56. The average Bonchev–Trinajstić information content (AvgIpc) is 2.47. The molecule has 2 aromatic rings. The summed E-state index contributed by atoms with van der Waals surface area (Å²) in [6.07, 6.45) is 5.52. The first-order chi connectivity index (χ1) is 10.4. The summed E-state index contributed by atoms with van der Waals surface area (Å²) in [5.41, 5.74) is 2.10. The maximum Gasteiger partial charge on any atom is 0.264 e. The van der Waals surface area contributed by atoms with Crippen molar-refractivity contribution >= 4 is 15.7 Å². The fourth-order valence-corrected chi connectivity index (χ4v) is 3.98. The van der Waals surface area contributed by atoms with Gasteiger partial charge in [0.15, 0.2) is 0 Å². The summed E-state index contributed by atoms with van der Waals surface area (Å²) >= 11 is 0. The molecule has 0 saturated heterocycles. The van der Waals surface area contributed by atoms with E-state index in [4.69, 9.17) is 6.42 Å². The van der Waals surface area contributed by atoms with Gasteiger partial charge in [-0.05, 0) is 45.0 Å². The normalized spacial score (nSPS) is 11.2. The zero-order chi connectivity index (χ0) is 16.3. The van der Waals surface area contributed by atoms with Gasteiger partial charge in [-0.3, -0.25) is 4.31 Å². The molecule has 0 unspecified atom stereocenters. The van der Waals surface area contributed by atoms with Gasteiger partial charge in [0.25, 0.3) is 10.0 Å². The monoisotopic (exact) mass is 313 g/mol. The van der Waals surface area contributed by atoms with Crippen LogP contribution in [0.25, 0.3) is 0 Å². The van der Waals surface area contributed by atoms with Crippen molar-refractivity contribution in [3.05, 3.63) is 59.7 Å². The van der Waals surface area contributed by atoms with Gasteiger partial charge >= 0.3 is 0 Å². The maximum atomic E-state index is 13.0. The molecule has 0 atom stereocenters. The molecule has 0 fully saturated rings. The van der Waals surface area contributed by atoms with Gasteiger partial charge in [0.05, 0.1) is 10.6 Å². The first kappa shape index (κ1) is 16.1. The van der Waals surface area contributed by atoms with Gasteiger partial charge in [0.1, 0.15) is 0 Å². The molecule has 22 heavy (non-hydrogen) atoms. The summed E-state index contributed by atoms with van der Waals surface area (Å²) in [5, 5.41) is 0. The average molecular weight is 313 g/mol. The number of sulfonamides is 1. The van der Waals surface area contributed by atoms with Gasteiger partial charge in [-0.15, -0.1) is 6.42 Å². The van der Waals surface area contributed by atoms with Crippen LogP contribution < -0.4 is 4.31 Å². The van der Waals surface area contributed by atoms with Gasteiger partial charge in [0.2, 0.25) is 0 Å². The lowest BCUT2D eigenvalue weighted by Gasteiger charge is -2.29. The van der Waals surface area contributed by atoms with E-state index in [9.17, 15) is 8.42 Å². The largest absolute Gasteiger partial charge is 0.264 e. The van der Waals surface area contributed by atoms with Crippen LogP contribution in [0.2, 0.25) is 0 Å². The Kier molecular flexibility index (Phi) is 4.58. The van der Waals surface area contributed by atoms with Crippen LogP contribution in [0.3, 0.4) is 0 Å². The van der Waals surface area contributed by atoms with Crippen LogP contribution in [0.4, 0.5) is 5.69 Å². The van der Waals surface area contributed by atoms with Crippen molar-refractivity contribution in [3.63, 3.8) is 0 Å². The minimum Gasteiger partial charge on any atom is -0.263 e. The molecule has 0 bridgehead atoms. The molecular formula is C18H19NO2S. The van der Waals surface area contributed by atoms with Gasteiger partial charge in [-0.1, -0.05) is 35.7 Å². The molecule has 4 heteroatoms. The fraction of sp³-hybridized carbons (Fsp3) is 0.222. The summed E-state index contributed by atoms with van der Waals surface area (Å²) in [6.45, 7) is 5.59. The van der Waals surface area contributed by atoms with E-state index in [-0.39, 0.29) is 10.9 Å². The van der Waals surface area contributed by atoms with Crippen LogP contribution in [0.5, 0.6) is 0 Å². The minimum atomic E-state index is -3.66. The third-order valence-corrected chi connectivity index (χ3v) is 5.35. The number of aryl methyl sites for hydroxylation is 1. The molecule has 0 N–H and O–H groups in total. The highest BCUT2D eigenvalue weighted by Crippen LogP contribution is 2.29. The second kappa shape index (κ2) is 6.25. The Balaban J connectivity index is 2.62. The number of para-hydroxylation sites is 1. The molecule has 0 aliphatic heterocycles. The van der Waals surface area contributed by atoms with E-state index >= 15 is 0 Å². The molecule has 0 aliphatic rings. The van der Waals surface area contributed by atoms with Crippen molar-refractivity contribution < 1.29 is 8.42 Å². The van der Waals surface area contributed by atoms with E-state index in [1.54, 1.807) is 48.5 Å². The van der Waals surface area contributed by atoms with Crippen LogP contribution >= 0.6 is 0 Å². The van der Waals surface area contributed by atoms with Crippen molar-refractivity contribution in [3.8, 4) is 12.3 Å². The Morgan fingerprint density at radius 2 is 1.64 bits per heavy atom. The lowest BCUT2D eigenvalue weighted by molar-refractivity contribution is 0.584. The molecule has 0 heterocycles. The second-order valence-corrected chi connectivity index (χ2v) is 7.18. The Labute approximate surface area is 132 Å². The van der Waals surface area contributed by atoms with E-state index in [0.29, 0.717) is 11.3 Å². The number of rotatable bonds is 4. The molecule has 0 saturated carbocycles. The highest BCUT2D eigenvalue weighted by molar-refractivity contribution is 7.92. The van der Waals surface area contributed by atoms with Crippen LogP contribution in [0.15, 0.2) is 53.4 Å². The summed E-state index contributed by atoms with van der Waals surface area (Å²) < 4.78 is 27.4. The topological polar surface area (TPSA) is 37.4 Å². The Morgan fingerprint density at radius 1 is 1.05 bits per heavy atom. The van der Waals surface area contributed by atoms with E-state index in [1.807, 2.05) is 20.8 Å². The Hall–Kier alpha value is -2.25. The number of benzene rings is 2. The molecule has 0 spiro atoms. The van der Waals surface area contributed by atoms with Gasteiger partial charge in [-0.2, -0.15) is 0 Å². The SMILES string of the molecule is C#Cc1ccccc1N(C(C)C)S(=O)(=O)c1ccc(C)cc1. The predicted molar refractivity (Wildman–Crippen MR) is 90.4 cm³/mol. The predicted octanol–water partition coefficient (Wildman–Crippen LogP) is 3.58. The van der Waals surface area contributed by atoms with Crippen molar-refractivity contribution in [2.45, 2.75) is 31.7 Å². The lowest BCUT2D eigenvalue weighted by Crippen LogP contribution is -2.37. The fourth-order valence-electron chi connectivity index (χ4n) is 2.30. The molecule has 0 aromatic heterocycles. The standard InChI is InChI=1S/C18H19NO2S/c1-5-16-8-6-7-9-18(16)19(14(2)3)22(20,21)17-12-10-15(4)11-13-17/h1,6-14H,2-4H3. The molecule has 3 nitrogen and oxygen atoms in total. The van der Waals surface area contributed by atoms with Crippen LogP contribution in [0.1, 0.15) is 25.0 Å². The van der Waals surface area contributed by atoms with Crippen LogP contribution in [-0.4, -0.2) is 14.5 Å². The number of hydrogen-bond donors (Lipinski definition) is 0. The van der Waals surface area contributed by atoms with Crippen molar-refractivity contribution in [1.82, 2.24) is 0 Å². The van der Waals surface area contributed by atoms with E-state index < -0.39 is 10.0 Å². The number of anilines is 1. The zero-order valence-electron chi connectivity index (χ0n) is 12.9. The molecule has 2 aromatic carbocycles. The number of hydrogen-bond acceptors (Lipinski definition) is 2. The van der Waals surface area contributed by atoms with E-state index in [1.165, 1.54) is 4.31 Å². The van der Waals surface area contributed by atoms with Gasteiger partial charge < -0.3 is 0 Å². The smallest absolute Gasteiger partial charge is 0.263 e. The summed E-state index contributed by atoms with van der Waals surface area (Å²) in [4.78, 5) is 0.263. The molecule has 0 amide bonds. The zero-order valence-corrected chi connectivity index (χ0v) is 13.8. The van der Waals surface area contributed by atoms with E-state index in [0.717, 1.165) is 5.56 Å².